The summed E-state index contributed by atoms with van der Waals surface area (Å²) >= 11 is 0. The third-order valence-electron chi connectivity index (χ3n) is 4.21. The summed E-state index contributed by atoms with van der Waals surface area (Å²) in [5.41, 5.74) is 1.61. The monoisotopic (exact) mass is 409 g/mol. The van der Waals surface area contributed by atoms with Crippen molar-refractivity contribution in [3.8, 4) is 0 Å². The van der Waals surface area contributed by atoms with Crippen LogP contribution in [-0.4, -0.2) is 20.5 Å². The van der Waals surface area contributed by atoms with Crippen LogP contribution in [0.25, 0.3) is 0 Å². The molecule has 5 nitrogen and oxygen atoms in total. The molecule has 0 radical (unpaired) electrons. The average Bonchev–Trinajstić information content (AvgIpc) is 2.73. The fourth-order valence-corrected chi connectivity index (χ4v) is 4.35. The zero-order valence-corrected chi connectivity index (χ0v) is 17.2. The Hall–Kier alpha value is -3.12. The molecule has 0 aliphatic heterocycles. The molecule has 0 amide bonds. The summed E-state index contributed by atoms with van der Waals surface area (Å²) in [4.78, 5) is 12.3. The van der Waals surface area contributed by atoms with Gasteiger partial charge in [-0.3, -0.25) is 4.31 Å². The first-order valence-electron chi connectivity index (χ1n) is 9.30. The number of esters is 1. The van der Waals surface area contributed by atoms with Crippen LogP contribution < -0.4 is 4.31 Å². The van der Waals surface area contributed by atoms with E-state index in [1.165, 1.54) is 16.4 Å². The highest BCUT2D eigenvalue weighted by atomic mass is 32.2. The highest BCUT2D eigenvalue weighted by Crippen LogP contribution is 2.26. The van der Waals surface area contributed by atoms with Crippen LogP contribution in [0.5, 0.6) is 0 Å². The number of sulfonamides is 1. The van der Waals surface area contributed by atoms with Crippen molar-refractivity contribution in [2.24, 2.45) is 0 Å². The van der Waals surface area contributed by atoms with E-state index in [1.54, 1.807) is 50.2 Å². The molecule has 0 spiro atoms. The number of nitrogens with zero attached hydrogens (tertiary/aromatic N) is 1. The van der Waals surface area contributed by atoms with Gasteiger partial charge in [0.05, 0.1) is 28.8 Å². The SMILES string of the molecule is CC(C)OC(=O)c1cccc(S(=O)(=O)N(Cc2ccccc2)c2ccccc2)c1. The van der Waals surface area contributed by atoms with Crippen LogP contribution in [0.2, 0.25) is 0 Å². The lowest BCUT2D eigenvalue weighted by atomic mass is 10.2. The summed E-state index contributed by atoms with van der Waals surface area (Å²) in [6.07, 6.45) is -0.290. The Balaban J connectivity index is 2.02. The molecule has 0 heterocycles. The molecular formula is C23H23NO4S. The Morgan fingerprint density at radius 1 is 0.897 bits per heavy atom. The lowest BCUT2D eigenvalue weighted by Crippen LogP contribution is -2.30. The van der Waals surface area contributed by atoms with Crippen molar-refractivity contribution in [1.29, 1.82) is 0 Å². The fourth-order valence-electron chi connectivity index (χ4n) is 2.85. The van der Waals surface area contributed by atoms with Crippen molar-refractivity contribution in [2.75, 3.05) is 4.31 Å². The van der Waals surface area contributed by atoms with Gasteiger partial charge in [0.25, 0.3) is 10.0 Å². The predicted molar refractivity (Wildman–Crippen MR) is 113 cm³/mol. The summed E-state index contributed by atoms with van der Waals surface area (Å²) in [6, 6.07) is 24.2. The van der Waals surface area contributed by atoms with Crippen molar-refractivity contribution in [3.05, 3.63) is 96.1 Å². The van der Waals surface area contributed by atoms with Gasteiger partial charge in [-0.2, -0.15) is 0 Å². The highest BCUT2D eigenvalue weighted by molar-refractivity contribution is 7.92. The minimum atomic E-state index is -3.91. The Morgan fingerprint density at radius 2 is 1.52 bits per heavy atom. The standard InChI is InChI=1S/C23H23NO4S/c1-18(2)28-23(25)20-12-9-15-22(16-20)29(26,27)24(21-13-7-4-8-14-21)17-19-10-5-3-6-11-19/h3-16,18H,17H2,1-2H3. The second-order valence-electron chi connectivity index (χ2n) is 6.81. The second-order valence-corrected chi connectivity index (χ2v) is 8.68. The van der Waals surface area contributed by atoms with Crippen LogP contribution in [-0.2, 0) is 21.3 Å². The number of ether oxygens (including phenoxy) is 1. The predicted octanol–water partition coefficient (Wildman–Crippen LogP) is 4.65. The molecule has 0 atom stereocenters. The summed E-state index contributed by atoms with van der Waals surface area (Å²) in [7, 11) is -3.91. The third-order valence-corrected chi connectivity index (χ3v) is 5.98. The van der Waals surface area contributed by atoms with E-state index < -0.39 is 16.0 Å². The van der Waals surface area contributed by atoms with Crippen molar-refractivity contribution < 1.29 is 17.9 Å². The van der Waals surface area contributed by atoms with Gasteiger partial charge in [0.1, 0.15) is 0 Å². The quantitative estimate of drug-likeness (QED) is 0.533. The van der Waals surface area contributed by atoms with Gasteiger partial charge in [-0.25, -0.2) is 13.2 Å². The molecule has 0 aromatic heterocycles. The van der Waals surface area contributed by atoms with Crippen LogP contribution in [0.15, 0.2) is 89.8 Å². The molecule has 0 saturated heterocycles. The number of benzene rings is 3. The van der Waals surface area contributed by atoms with E-state index in [0.29, 0.717) is 5.69 Å². The summed E-state index contributed by atoms with van der Waals surface area (Å²) in [5, 5.41) is 0. The first-order chi connectivity index (χ1) is 13.9. The molecule has 0 fully saturated rings. The zero-order valence-electron chi connectivity index (χ0n) is 16.4. The lowest BCUT2D eigenvalue weighted by molar-refractivity contribution is 0.0377. The van der Waals surface area contributed by atoms with Crippen LogP contribution >= 0.6 is 0 Å². The molecule has 0 saturated carbocycles. The van der Waals surface area contributed by atoms with Crippen LogP contribution in [0.1, 0.15) is 29.8 Å². The molecule has 3 rings (SSSR count). The largest absolute Gasteiger partial charge is 0.459 e. The van der Waals surface area contributed by atoms with E-state index in [0.717, 1.165) is 5.56 Å². The molecule has 29 heavy (non-hydrogen) atoms. The van der Waals surface area contributed by atoms with Gasteiger partial charge in [-0.15, -0.1) is 0 Å². The zero-order chi connectivity index (χ0) is 20.9. The van der Waals surface area contributed by atoms with Gasteiger partial charge in [0, 0.05) is 0 Å². The molecule has 150 valence electrons. The first kappa shape index (κ1) is 20.6. The number of carbonyl (C=O) groups is 1. The minimum Gasteiger partial charge on any atom is -0.459 e. The number of hydrogen-bond acceptors (Lipinski definition) is 4. The molecule has 3 aromatic carbocycles. The Labute approximate surface area is 171 Å². The number of para-hydroxylation sites is 1. The second kappa shape index (κ2) is 8.92. The van der Waals surface area contributed by atoms with Crippen LogP contribution in [0.3, 0.4) is 0 Å². The van der Waals surface area contributed by atoms with Gasteiger partial charge < -0.3 is 4.74 Å². The number of hydrogen-bond donors (Lipinski definition) is 0. The topological polar surface area (TPSA) is 63.7 Å². The van der Waals surface area contributed by atoms with Crippen molar-refractivity contribution >= 4 is 21.7 Å². The maximum Gasteiger partial charge on any atom is 0.338 e. The van der Waals surface area contributed by atoms with Gasteiger partial charge in [-0.1, -0.05) is 54.6 Å². The smallest absolute Gasteiger partial charge is 0.338 e. The van der Waals surface area contributed by atoms with Gasteiger partial charge in [0.2, 0.25) is 0 Å². The highest BCUT2D eigenvalue weighted by Gasteiger charge is 2.26. The first-order valence-corrected chi connectivity index (χ1v) is 10.7. The van der Waals surface area contributed by atoms with Gasteiger partial charge >= 0.3 is 5.97 Å². The molecule has 0 aliphatic rings. The molecule has 6 heteroatoms. The van der Waals surface area contributed by atoms with Gasteiger partial charge in [0.15, 0.2) is 0 Å². The number of rotatable bonds is 7. The van der Waals surface area contributed by atoms with Crippen LogP contribution in [0.4, 0.5) is 5.69 Å². The van der Waals surface area contributed by atoms with E-state index in [4.69, 9.17) is 4.74 Å². The molecule has 0 unspecified atom stereocenters. The van der Waals surface area contributed by atoms with Crippen molar-refractivity contribution in [3.63, 3.8) is 0 Å². The van der Waals surface area contributed by atoms with E-state index in [2.05, 4.69) is 0 Å². The normalized spacial score (nSPS) is 11.3. The van der Waals surface area contributed by atoms with E-state index in [1.807, 2.05) is 36.4 Å². The maximum absolute atomic E-state index is 13.5. The average molecular weight is 410 g/mol. The Kier molecular flexibility index (Phi) is 6.34. The van der Waals surface area contributed by atoms with Crippen LogP contribution in [0, 0.1) is 0 Å². The lowest BCUT2D eigenvalue weighted by Gasteiger charge is -2.25. The summed E-state index contributed by atoms with van der Waals surface area (Å²) < 4.78 is 33.6. The van der Waals surface area contributed by atoms with E-state index >= 15 is 0 Å². The molecule has 0 bridgehead atoms. The van der Waals surface area contributed by atoms with E-state index in [-0.39, 0.29) is 23.1 Å². The maximum atomic E-state index is 13.5. The number of carbonyl (C=O) groups excluding carboxylic acids is 1. The Bertz CT molecular complexity index is 1060. The summed E-state index contributed by atoms with van der Waals surface area (Å²) in [5.74, 6) is -0.550. The molecule has 0 N–H and O–H groups in total. The minimum absolute atomic E-state index is 0.0375. The number of anilines is 1. The summed E-state index contributed by atoms with van der Waals surface area (Å²) in [6.45, 7) is 3.67. The van der Waals surface area contributed by atoms with E-state index in [9.17, 15) is 13.2 Å². The Morgan fingerprint density at radius 3 is 2.14 bits per heavy atom. The fraction of sp³-hybridized carbons (Fsp3) is 0.174. The molecular weight excluding hydrogens is 386 g/mol. The van der Waals surface area contributed by atoms with Gasteiger partial charge in [-0.05, 0) is 49.7 Å². The third kappa shape index (κ3) is 5.03. The molecule has 3 aromatic rings. The van der Waals surface area contributed by atoms with Crippen molar-refractivity contribution in [1.82, 2.24) is 0 Å². The van der Waals surface area contributed by atoms with Crippen molar-refractivity contribution in [2.45, 2.75) is 31.4 Å². The molecule has 0 aliphatic carbocycles.